The van der Waals surface area contributed by atoms with Gasteiger partial charge in [0.25, 0.3) is 0 Å². The molecule has 0 unspecified atom stereocenters. The molecule has 24 heavy (non-hydrogen) atoms. The van der Waals surface area contributed by atoms with E-state index in [1.54, 1.807) is 0 Å². The van der Waals surface area contributed by atoms with Crippen LogP contribution in [0.2, 0.25) is 0 Å². The largest absolute Gasteiger partial charge is 0.302 e. The third-order valence-corrected chi connectivity index (χ3v) is 6.23. The molecule has 1 N–H and O–H groups in total. The van der Waals surface area contributed by atoms with E-state index in [0.717, 1.165) is 17.0 Å². The van der Waals surface area contributed by atoms with Gasteiger partial charge >= 0.3 is 0 Å². The van der Waals surface area contributed by atoms with E-state index in [9.17, 15) is 9.59 Å². The summed E-state index contributed by atoms with van der Waals surface area (Å²) in [5.74, 6) is 0.409. The van der Waals surface area contributed by atoms with E-state index in [4.69, 9.17) is 0 Å². The minimum absolute atomic E-state index is 0.0142. The molecule has 1 fully saturated rings. The molecule has 1 aromatic rings. The molecule has 0 saturated heterocycles. The smallest absolute Gasteiger partial charge is 0.230 e. The molecule has 2 aliphatic rings. The molecule has 130 valence electrons. The van der Waals surface area contributed by atoms with Crippen LogP contribution in [-0.4, -0.2) is 16.7 Å². The van der Waals surface area contributed by atoms with Gasteiger partial charge in [-0.25, -0.2) is 4.98 Å². The number of amides is 1. The summed E-state index contributed by atoms with van der Waals surface area (Å²) < 4.78 is 0. The zero-order valence-corrected chi connectivity index (χ0v) is 16.1. The van der Waals surface area contributed by atoms with Crippen molar-refractivity contribution < 1.29 is 9.59 Å². The molecule has 0 aromatic carbocycles. The molecule has 4 nitrogen and oxygen atoms in total. The molecule has 3 rings (SSSR count). The average Bonchev–Trinajstić information content (AvgIpc) is 2.75. The summed E-state index contributed by atoms with van der Waals surface area (Å²) >= 11 is 1.32. The van der Waals surface area contributed by atoms with E-state index in [0.29, 0.717) is 11.6 Å². The summed E-state index contributed by atoms with van der Waals surface area (Å²) in [4.78, 5) is 30.2. The van der Waals surface area contributed by atoms with Crippen molar-refractivity contribution in [2.45, 2.75) is 54.4 Å². The van der Waals surface area contributed by atoms with E-state index >= 15 is 0 Å². The number of rotatable bonds is 3. The highest BCUT2D eigenvalue weighted by molar-refractivity contribution is 7.17. The van der Waals surface area contributed by atoms with Crippen LogP contribution < -0.4 is 5.32 Å². The van der Waals surface area contributed by atoms with Gasteiger partial charge in [-0.05, 0) is 37.0 Å². The van der Waals surface area contributed by atoms with Gasteiger partial charge in [-0.2, -0.15) is 0 Å². The Labute approximate surface area is 147 Å². The first-order valence-electron chi connectivity index (χ1n) is 8.50. The second kappa shape index (κ2) is 5.51. The van der Waals surface area contributed by atoms with Crippen molar-refractivity contribution in [3.8, 4) is 0 Å². The maximum Gasteiger partial charge on any atom is 0.230 e. The molecule has 0 aliphatic heterocycles. The van der Waals surface area contributed by atoms with Crippen LogP contribution >= 0.6 is 11.3 Å². The lowest BCUT2D eigenvalue weighted by Crippen LogP contribution is -2.26. The van der Waals surface area contributed by atoms with E-state index < -0.39 is 0 Å². The molecule has 0 radical (unpaired) electrons. The third kappa shape index (κ3) is 3.06. The number of hydrogen-bond donors (Lipinski definition) is 1. The Balaban J connectivity index is 1.76. The summed E-state index contributed by atoms with van der Waals surface area (Å²) in [5.41, 5.74) is 2.01. The number of fused-ring (bicyclic) bond motifs is 1. The van der Waals surface area contributed by atoms with Crippen molar-refractivity contribution in [2.24, 2.45) is 22.7 Å². The molecule has 2 atom stereocenters. The predicted octanol–water partition coefficient (Wildman–Crippen LogP) is 4.48. The molecular formula is C19H26N2O2S. The molecule has 1 aromatic heterocycles. The normalized spacial score (nSPS) is 26.5. The van der Waals surface area contributed by atoms with Gasteiger partial charge in [-0.15, -0.1) is 0 Å². The van der Waals surface area contributed by atoms with Crippen LogP contribution in [0.1, 0.15) is 63.3 Å². The SMILES string of the molecule is CC(C)=C[C@H]1[C@H](C(=O)Nc2nc3c(s2)C(=O)CC(C)(C)C3)C1(C)C. The van der Waals surface area contributed by atoms with Crippen LogP contribution in [0.3, 0.4) is 0 Å². The summed E-state index contributed by atoms with van der Waals surface area (Å²) in [6, 6.07) is 0. The minimum Gasteiger partial charge on any atom is -0.302 e. The maximum absolute atomic E-state index is 12.6. The fourth-order valence-corrected chi connectivity index (χ4v) is 4.73. The predicted molar refractivity (Wildman–Crippen MR) is 97.4 cm³/mol. The number of thiazole rings is 1. The maximum atomic E-state index is 12.6. The van der Waals surface area contributed by atoms with Crippen molar-refractivity contribution >= 4 is 28.2 Å². The molecule has 1 amide bonds. The first-order chi connectivity index (χ1) is 11.0. The first-order valence-corrected chi connectivity index (χ1v) is 9.32. The fraction of sp³-hybridized carbons (Fsp3) is 0.632. The number of Topliss-reactive ketones (excluding diaryl/α,β-unsaturated/α-hetero) is 1. The van der Waals surface area contributed by atoms with E-state index in [-0.39, 0.29) is 34.4 Å². The van der Waals surface area contributed by atoms with Gasteiger partial charge in [-0.1, -0.05) is 50.7 Å². The van der Waals surface area contributed by atoms with E-state index in [2.05, 4.69) is 57.9 Å². The van der Waals surface area contributed by atoms with Gasteiger partial charge in [0.05, 0.1) is 16.5 Å². The lowest BCUT2D eigenvalue weighted by atomic mass is 9.78. The standard InChI is InChI=1S/C19H26N2O2S/c1-10(2)7-11-14(19(11,5)6)16(23)21-17-20-12-8-18(3,4)9-13(22)15(12)24-17/h7,11,14H,8-9H2,1-6H3,(H,20,21,23)/t11-,14+/m0/s1. The second-order valence-electron chi connectivity index (χ2n) is 8.79. The van der Waals surface area contributed by atoms with Crippen molar-refractivity contribution in [1.82, 2.24) is 4.98 Å². The molecule has 5 heteroatoms. The molecule has 1 saturated carbocycles. The van der Waals surface area contributed by atoms with Crippen LogP contribution in [0.15, 0.2) is 11.6 Å². The fourth-order valence-electron chi connectivity index (χ4n) is 3.81. The van der Waals surface area contributed by atoms with Gasteiger partial charge in [0.2, 0.25) is 5.91 Å². The number of anilines is 1. The van der Waals surface area contributed by atoms with Crippen molar-refractivity contribution in [2.75, 3.05) is 5.32 Å². The summed E-state index contributed by atoms with van der Waals surface area (Å²) in [7, 11) is 0. The molecule has 1 heterocycles. The Bertz CT molecular complexity index is 739. The third-order valence-electron chi connectivity index (χ3n) is 5.17. The first kappa shape index (κ1) is 17.3. The Morgan fingerprint density at radius 2 is 1.92 bits per heavy atom. The van der Waals surface area contributed by atoms with Crippen LogP contribution in [0.25, 0.3) is 0 Å². The number of carbonyl (C=O) groups excluding carboxylic acids is 2. The van der Waals surface area contributed by atoms with Crippen molar-refractivity contribution in [1.29, 1.82) is 0 Å². The highest BCUT2D eigenvalue weighted by atomic mass is 32.1. The van der Waals surface area contributed by atoms with E-state index in [1.807, 2.05) is 0 Å². The zero-order valence-electron chi connectivity index (χ0n) is 15.3. The highest BCUT2D eigenvalue weighted by Gasteiger charge is 2.60. The summed E-state index contributed by atoms with van der Waals surface area (Å²) in [6.45, 7) is 12.5. The Hall–Kier alpha value is -1.49. The minimum atomic E-state index is -0.0491. The number of carbonyl (C=O) groups is 2. The molecule has 2 aliphatic carbocycles. The number of nitrogens with one attached hydrogen (secondary N) is 1. The molecular weight excluding hydrogens is 320 g/mol. The monoisotopic (exact) mass is 346 g/mol. The van der Waals surface area contributed by atoms with Crippen LogP contribution in [0.5, 0.6) is 0 Å². The Morgan fingerprint density at radius 1 is 1.25 bits per heavy atom. The topological polar surface area (TPSA) is 59.1 Å². The van der Waals surface area contributed by atoms with Crippen LogP contribution in [-0.2, 0) is 11.2 Å². The number of ketones is 1. The van der Waals surface area contributed by atoms with Gasteiger partial charge in [0.1, 0.15) is 0 Å². The van der Waals surface area contributed by atoms with Gasteiger partial charge in [-0.3, -0.25) is 9.59 Å². The summed E-state index contributed by atoms with van der Waals surface area (Å²) in [5, 5.41) is 3.52. The van der Waals surface area contributed by atoms with Crippen molar-refractivity contribution in [3.05, 3.63) is 22.2 Å². The number of nitrogens with zero attached hydrogens (tertiary/aromatic N) is 1. The van der Waals surface area contributed by atoms with Crippen LogP contribution in [0, 0.1) is 22.7 Å². The zero-order chi connectivity index (χ0) is 17.9. The lowest BCUT2D eigenvalue weighted by molar-refractivity contribution is -0.118. The van der Waals surface area contributed by atoms with Crippen molar-refractivity contribution in [3.63, 3.8) is 0 Å². The quantitative estimate of drug-likeness (QED) is 0.821. The van der Waals surface area contributed by atoms with Gasteiger partial charge < -0.3 is 5.32 Å². The molecule has 0 spiro atoms. The average molecular weight is 346 g/mol. The number of hydrogen-bond acceptors (Lipinski definition) is 4. The highest BCUT2D eigenvalue weighted by Crippen LogP contribution is 2.59. The second-order valence-corrected chi connectivity index (χ2v) is 9.79. The van der Waals surface area contributed by atoms with E-state index in [1.165, 1.54) is 16.9 Å². The number of aromatic nitrogens is 1. The number of allylic oxidation sites excluding steroid dienone is 2. The van der Waals surface area contributed by atoms with Gasteiger partial charge in [0.15, 0.2) is 10.9 Å². The molecule has 0 bridgehead atoms. The van der Waals surface area contributed by atoms with Crippen LogP contribution in [0.4, 0.5) is 5.13 Å². The lowest BCUT2D eigenvalue weighted by Gasteiger charge is -2.26. The summed E-state index contributed by atoms with van der Waals surface area (Å²) in [6.07, 6.45) is 3.52. The van der Waals surface area contributed by atoms with Gasteiger partial charge in [0, 0.05) is 6.42 Å². The Kier molecular flexibility index (Phi) is 3.98. The Morgan fingerprint density at radius 3 is 2.54 bits per heavy atom.